The van der Waals surface area contributed by atoms with Gasteiger partial charge in [-0.05, 0) is 18.6 Å². The Labute approximate surface area is 119 Å². The van der Waals surface area contributed by atoms with Gasteiger partial charge in [-0.15, -0.1) is 0 Å². The van der Waals surface area contributed by atoms with Gasteiger partial charge in [-0.1, -0.05) is 0 Å². The number of carbonyl (C=O) groups excluding carboxylic acids is 1. The van der Waals surface area contributed by atoms with Crippen LogP contribution in [-0.4, -0.2) is 50.6 Å². The summed E-state index contributed by atoms with van der Waals surface area (Å²) in [5.41, 5.74) is 0.339. The van der Waals surface area contributed by atoms with E-state index in [-0.39, 0.29) is 24.2 Å². The molecule has 1 aromatic rings. The van der Waals surface area contributed by atoms with Crippen LogP contribution in [0.15, 0.2) is 18.2 Å². The number of aliphatic hydroxyl groups is 1. The van der Waals surface area contributed by atoms with Gasteiger partial charge in [0.15, 0.2) is 0 Å². The van der Waals surface area contributed by atoms with Gasteiger partial charge in [0.2, 0.25) is 0 Å². The fourth-order valence-electron chi connectivity index (χ4n) is 2.43. The SMILES string of the molecule is Cc1cc(C(=O)N2CC(O)C[C@H]2C(=O)O)cc([N+](=O)[O-])c1. The summed E-state index contributed by atoms with van der Waals surface area (Å²) in [4.78, 5) is 34.7. The van der Waals surface area contributed by atoms with Crippen molar-refractivity contribution in [1.29, 1.82) is 0 Å². The maximum atomic E-state index is 12.4. The van der Waals surface area contributed by atoms with Crippen LogP contribution in [0, 0.1) is 17.0 Å². The van der Waals surface area contributed by atoms with Crippen LogP contribution in [0.2, 0.25) is 0 Å². The van der Waals surface area contributed by atoms with E-state index in [0.29, 0.717) is 5.56 Å². The fraction of sp³-hybridized carbons (Fsp3) is 0.385. The van der Waals surface area contributed by atoms with Crippen LogP contribution in [0.4, 0.5) is 5.69 Å². The van der Waals surface area contributed by atoms with Gasteiger partial charge in [0.1, 0.15) is 6.04 Å². The maximum Gasteiger partial charge on any atom is 0.326 e. The molecule has 1 aromatic carbocycles. The van der Waals surface area contributed by atoms with Crippen LogP contribution in [0.25, 0.3) is 0 Å². The standard InChI is InChI=1S/C13H14N2O6/c1-7-2-8(4-9(3-7)15(20)21)12(17)14-6-10(16)5-11(14)13(18)19/h2-4,10-11,16H,5-6H2,1H3,(H,18,19)/t10?,11-/m0/s1. The largest absolute Gasteiger partial charge is 0.480 e. The molecule has 2 N–H and O–H groups in total. The first kappa shape index (κ1) is 14.9. The Hall–Kier alpha value is -2.48. The molecule has 0 radical (unpaired) electrons. The molecule has 2 rings (SSSR count). The monoisotopic (exact) mass is 294 g/mol. The van der Waals surface area contributed by atoms with E-state index in [1.54, 1.807) is 6.92 Å². The number of nitro benzene ring substituents is 1. The van der Waals surface area contributed by atoms with E-state index in [1.165, 1.54) is 12.1 Å². The fourth-order valence-corrected chi connectivity index (χ4v) is 2.43. The number of nitrogens with zero attached hydrogens (tertiary/aromatic N) is 2. The van der Waals surface area contributed by atoms with E-state index < -0.39 is 28.9 Å². The van der Waals surface area contributed by atoms with Gasteiger partial charge in [0.05, 0.1) is 11.0 Å². The van der Waals surface area contributed by atoms with Crippen molar-refractivity contribution in [2.45, 2.75) is 25.5 Å². The molecular formula is C13H14N2O6. The van der Waals surface area contributed by atoms with Crippen LogP contribution < -0.4 is 0 Å². The van der Waals surface area contributed by atoms with E-state index >= 15 is 0 Å². The van der Waals surface area contributed by atoms with Crippen molar-refractivity contribution in [3.8, 4) is 0 Å². The van der Waals surface area contributed by atoms with Crippen molar-refractivity contribution in [1.82, 2.24) is 4.90 Å². The lowest BCUT2D eigenvalue weighted by molar-refractivity contribution is -0.384. The zero-order valence-electron chi connectivity index (χ0n) is 11.2. The molecule has 21 heavy (non-hydrogen) atoms. The highest BCUT2D eigenvalue weighted by Crippen LogP contribution is 2.23. The molecule has 1 amide bonds. The number of hydrogen-bond donors (Lipinski definition) is 2. The van der Waals surface area contributed by atoms with Crippen molar-refractivity contribution in [3.63, 3.8) is 0 Å². The second kappa shape index (κ2) is 5.49. The summed E-state index contributed by atoms with van der Waals surface area (Å²) in [7, 11) is 0. The summed E-state index contributed by atoms with van der Waals surface area (Å²) in [5.74, 6) is -1.84. The van der Waals surface area contributed by atoms with Crippen molar-refractivity contribution >= 4 is 17.6 Å². The van der Waals surface area contributed by atoms with Gasteiger partial charge in [0.25, 0.3) is 11.6 Å². The summed E-state index contributed by atoms with van der Waals surface area (Å²) in [6.07, 6.45) is -0.954. The molecule has 1 aliphatic heterocycles. The lowest BCUT2D eigenvalue weighted by atomic mass is 10.1. The topological polar surface area (TPSA) is 121 Å². The number of aryl methyl sites for hydroxylation is 1. The third-order valence-corrected chi connectivity index (χ3v) is 3.34. The second-order valence-corrected chi connectivity index (χ2v) is 5.02. The predicted octanol–water partition coefficient (Wildman–Crippen LogP) is 0.563. The quantitative estimate of drug-likeness (QED) is 0.620. The van der Waals surface area contributed by atoms with Gasteiger partial charge in [-0.2, -0.15) is 0 Å². The minimum Gasteiger partial charge on any atom is -0.480 e. The van der Waals surface area contributed by atoms with E-state index in [9.17, 15) is 24.8 Å². The number of amides is 1. The van der Waals surface area contributed by atoms with Crippen molar-refractivity contribution in [2.75, 3.05) is 6.54 Å². The smallest absolute Gasteiger partial charge is 0.326 e. The zero-order chi connectivity index (χ0) is 15.7. The van der Waals surface area contributed by atoms with Crippen molar-refractivity contribution in [3.05, 3.63) is 39.4 Å². The highest BCUT2D eigenvalue weighted by Gasteiger charge is 2.39. The summed E-state index contributed by atoms with van der Waals surface area (Å²) < 4.78 is 0. The number of aliphatic hydroxyl groups excluding tert-OH is 1. The molecule has 2 atom stereocenters. The lowest BCUT2D eigenvalue weighted by Gasteiger charge is -2.21. The average Bonchev–Trinajstić information content (AvgIpc) is 2.79. The Kier molecular flexibility index (Phi) is 3.90. The number of nitro groups is 1. The van der Waals surface area contributed by atoms with Crippen LogP contribution in [0.5, 0.6) is 0 Å². The first-order chi connectivity index (χ1) is 9.79. The Bertz CT molecular complexity index is 615. The highest BCUT2D eigenvalue weighted by atomic mass is 16.6. The molecule has 112 valence electrons. The number of non-ortho nitro benzene ring substituents is 1. The predicted molar refractivity (Wildman–Crippen MR) is 70.9 cm³/mol. The van der Waals surface area contributed by atoms with Crippen molar-refractivity contribution < 1.29 is 24.7 Å². The molecule has 0 aliphatic carbocycles. The molecule has 8 nitrogen and oxygen atoms in total. The molecule has 0 aromatic heterocycles. The van der Waals surface area contributed by atoms with E-state index in [0.717, 1.165) is 11.0 Å². The van der Waals surface area contributed by atoms with Crippen LogP contribution in [-0.2, 0) is 4.79 Å². The molecule has 1 unspecified atom stereocenters. The highest BCUT2D eigenvalue weighted by molar-refractivity contribution is 5.97. The zero-order valence-corrected chi connectivity index (χ0v) is 11.2. The minimum absolute atomic E-state index is 0.0436. The Morgan fingerprint density at radius 2 is 2.05 bits per heavy atom. The summed E-state index contributed by atoms with van der Waals surface area (Å²) in [6.45, 7) is 1.51. The van der Waals surface area contributed by atoms with Crippen LogP contribution in [0.3, 0.4) is 0 Å². The molecule has 1 heterocycles. The minimum atomic E-state index is -1.21. The van der Waals surface area contributed by atoms with Gasteiger partial charge in [-0.3, -0.25) is 14.9 Å². The number of rotatable bonds is 3. The number of carboxylic acids is 1. The number of hydrogen-bond acceptors (Lipinski definition) is 5. The van der Waals surface area contributed by atoms with E-state index in [2.05, 4.69) is 0 Å². The molecule has 0 spiro atoms. The van der Waals surface area contributed by atoms with E-state index in [1.807, 2.05) is 0 Å². The molecule has 8 heteroatoms. The summed E-state index contributed by atoms with van der Waals surface area (Å²) >= 11 is 0. The summed E-state index contributed by atoms with van der Waals surface area (Å²) in [5, 5.41) is 29.4. The Morgan fingerprint density at radius 3 is 2.62 bits per heavy atom. The number of carboxylic acid groups (broad SMARTS) is 1. The van der Waals surface area contributed by atoms with Crippen LogP contribution in [0.1, 0.15) is 22.3 Å². The average molecular weight is 294 g/mol. The number of aliphatic carboxylic acids is 1. The van der Waals surface area contributed by atoms with Crippen molar-refractivity contribution in [2.24, 2.45) is 0 Å². The molecule has 0 saturated carbocycles. The molecule has 0 bridgehead atoms. The molecule has 1 aliphatic rings. The third kappa shape index (κ3) is 3.00. The second-order valence-electron chi connectivity index (χ2n) is 5.02. The number of benzene rings is 1. The first-order valence-electron chi connectivity index (χ1n) is 6.27. The number of likely N-dealkylation sites (tertiary alicyclic amines) is 1. The van der Waals surface area contributed by atoms with Gasteiger partial charge < -0.3 is 15.1 Å². The maximum absolute atomic E-state index is 12.4. The molecule has 1 saturated heterocycles. The third-order valence-electron chi connectivity index (χ3n) is 3.34. The van der Waals surface area contributed by atoms with Gasteiger partial charge >= 0.3 is 5.97 Å². The number of carbonyl (C=O) groups is 2. The lowest BCUT2D eigenvalue weighted by Crippen LogP contribution is -2.40. The Balaban J connectivity index is 2.35. The summed E-state index contributed by atoms with van der Waals surface area (Å²) in [6, 6.07) is 2.77. The molecule has 1 fully saturated rings. The van der Waals surface area contributed by atoms with E-state index in [4.69, 9.17) is 5.11 Å². The Morgan fingerprint density at radius 1 is 1.38 bits per heavy atom. The van der Waals surface area contributed by atoms with Gasteiger partial charge in [0, 0.05) is 30.7 Å². The molecular weight excluding hydrogens is 280 g/mol. The number of β-amino-alcohol motifs (C(OH)–C–C–N with tert-alkyl or cyclic N) is 1. The normalized spacial score (nSPS) is 21.3. The van der Waals surface area contributed by atoms with Gasteiger partial charge in [-0.25, -0.2) is 4.79 Å². The first-order valence-corrected chi connectivity index (χ1v) is 6.27. The van der Waals surface area contributed by atoms with Crippen LogP contribution >= 0.6 is 0 Å².